The number of hydrogen-bond acceptors (Lipinski definition) is 3. The third-order valence-electron chi connectivity index (χ3n) is 1.84. The smallest absolute Gasteiger partial charge is 0.404 e. The van der Waals surface area contributed by atoms with Crippen LogP contribution < -0.4 is 10.5 Å². The van der Waals surface area contributed by atoms with Crippen LogP contribution in [0.4, 0.5) is 4.79 Å². The topological polar surface area (TPSA) is 113 Å². The van der Waals surface area contributed by atoms with E-state index in [9.17, 15) is 13.2 Å². The lowest BCUT2D eigenvalue weighted by molar-refractivity contribution is 0.190. The number of amides is 1. The highest BCUT2D eigenvalue weighted by Gasteiger charge is 2.29. The summed E-state index contributed by atoms with van der Waals surface area (Å²) in [6, 6.07) is -0.351. The van der Waals surface area contributed by atoms with Gasteiger partial charge in [-0.15, -0.1) is 0 Å². The van der Waals surface area contributed by atoms with Gasteiger partial charge in [-0.25, -0.2) is 9.93 Å². The Morgan fingerprint density at radius 1 is 1.62 bits per heavy atom. The average molecular weight is 209 g/mol. The Morgan fingerprint density at radius 3 is 2.62 bits per heavy atom. The van der Waals surface area contributed by atoms with Crippen molar-refractivity contribution in [3.05, 3.63) is 0 Å². The summed E-state index contributed by atoms with van der Waals surface area (Å²) in [5.41, 5.74) is 0. The Hall–Kier alpha value is -0.860. The van der Waals surface area contributed by atoms with Crippen molar-refractivity contribution in [2.24, 2.45) is 5.14 Å². The van der Waals surface area contributed by atoms with Crippen molar-refractivity contribution >= 4 is 16.3 Å². The molecule has 1 aliphatic heterocycles. The van der Waals surface area contributed by atoms with E-state index in [0.717, 1.165) is 4.31 Å². The van der Waals surface area contributed by atoms with Crippen molar-refractivity contribution in [2.75, 3.05) is 13.1 Å². The number of nitrogens with two attached hydrogens (primary N) is 1. The van der Waals surface area contributed by atoms with E-state index >= 15 is 0 Å². The molecule has 0 bridgehead atoms. The van der Waals surface area contributed by atoms with Gasteiger partial charge in [0.25, 0.3) is 10.2 Å². The number of rotatable bonds is 2. The second kappa shape index (κ2) is 3.48. The molecule has 0 spiro atoms. The van der Waals surface area contributed by atoms with Crippen LogP contribution in [0.3, 0.4) is 0 Å². The molecule has 1 saturated heterocycles. The number of carbonyl (C=O) groups is 1. The SMILES string of the molecule is NS(=O)(=O)N1CCC(NC(=O)O)C1. The number of nitrogens with zero attached hydrogens (tertiary/aromatic N) is 1. The zero-order valence-corrected chi connectivity index (χ0v) is 7.62. The summed E-state index contributed by atoms with van der Waals surface area (Å²) in [5, 5.41) is 15.4. The molecule has 13 heavy (non-hydrogen) atoms. The minimum Gasteiger partial charge on any atom is -0.465 e. The molecule has 8 heteroatoms. The molecular weight excluding hydrogens is 198 g/mol. The molecule has 1 heterocycles. The van der Waals surface area contributed by atoms with Gasteiger partial charge in [0.15, 0.2) is 0 Å². The highest BCUT2D eigenvalue weighted by molar-refractivity contribution is 7.86. The van der Waals surface area contributed by atoms with E-state index in [1.807, 2.05) is 0 Å². The maximum Gasteiger partial charge on any atom is 0.404 e. The quantitative estimate of drug-likeness (QED) is 0.515. The van der Waals surface area contributed by atoms with Gasteiger partial charge in [0.2, 0.25) is 0 Å². The van der Waals surface area contributed by atoms with Gasteiger partial charge in [0.1, 0.15) is 0 Å². The van der Waals surface area contributed by atoms with Crippen LogP contribution in [0.5, 0.6) is 0 Å². The number of nitrogens with one attached hydrogen (secondary N) is 1. The molecule has 1 rings (SSSR count). The van der Waals surface area contributed by atoms with Gasteiger partial charge in [-0.05, 0) is 6.42 Å². The first kappa shape index (κ1) is 10.2. The molecular formula is C5H11N3O4S. The summed E-state index contributed by atoms with van der Waals surface area (Å²) in [6.07, 6.45) is -0.691. The van der Waals surface area contributed by atoms with Gasteiger partial charge < -0.3 is 10.4 Å². The van der Waals surface area contributed by atoms with Crippen molar-refractivity contribution in [2.45, 2.75) is 12.5 Å². The molecule has 0 saturated carbocycles. The third kappa shape index (κ3) is 2.83. The molecule has 0 aromatic rings. The lowest BCUT2D eigenvalue weighted by Crippen LogP contribution is -2.39. The van der Waals surface area contributed by atoms with E-state index in [0.29, 0.717) is 6.42 Å². The number of carboxylic acid groups (broad SMARTS) is 1. The Kier molecular flexibility index (Phi) is 2.74. The molecule has 1 amide bonds. The second-order valence-corrected chi connectivity index (χ2v) is 4.38. The Bertz CT molecular complexity index is 301. The van der Waals surface area contributed by atoms with E-state index in [1.54, 1.807) is 0 Å². The van der Waals surface area contributed by atoms with E-state index < -0.39 is 16.3 Å². The fraction of sp³-hybridized carbons (Fsp3) is 0.800. The summed E-state index contributed by atoms with van der Waals surface area (Å²) in [4.78, 5) is 10.2. The van der Waals surface area contributed by atoms with Crippen LogP contribution in [-0.2, 0) is 10.2 Å². The Balaban J connectivity index is 2.50. The fourth-order valence-electron chi connectivity index (χ4n) is 1.25. The first-order valence-corrected chi connectivity index (χ1v) is 5.17. The monoisotopic (exact) mass is 209 g/mol. The molecule has 0 aromatic carbocycles. The summed E-state index contributed by atoms with van der Waals surface area (Å²) < 4.78 is 22.6. The summed E-state index contributed by atoms with van der Waals surface area (Å²) in [5.74, 6) is 0. The number of hydrogen-bond donors (Lipinski definition) is 3. The maximum atomic E-state index is 10.8. The highest BCUT2D eigenvalue weighted by atomic mass is 32.2. The molecule has 1 unspecified atom stereocenters. The van der Waals surface area contributed by atoms with E-state index in [2.05, 4.69) is 5.32 Å². The average Bonchev–Trinajstić information content (AvgIpc) is 2.32. The predicted octanol–water partition coefficient (Wildman–Crippen LogP) is -1.47. The Morgan fingerprint density at radius 2 is 2.23 bits per heavy atom. The van der Waals surface area contributed by atoms with Gasteiger partial charge in [-0.2, -0.15) is 12.7 Å². The molecule has 0 radical (unpaired) electrons. The van der Waals surface area contributed by atoms with Crippen LogP contribution in [-0.4, -0.2) is 43.1 Å². The van der Waals surface area contributed by atoms with Crippen molar-refractivity contribution in [3.8, 4) is 0 Å². The summed E-state index contributed by atoms with van der Waals surface area (Å²) >= 11 is 0. The lowest BCUT2D eigenvalue weighted by Gasteiger charge is -2.12. The van der Waals surface area contributed by atoms with Crippen LogP contribution >= 0.6 is 0 Å². The van der Waals surface area contributed by atoms with Crippen molar-refractivity contribution < 1.29 is 18.3 Å². The van der Waals surface area contributed by atoms with Crippen LogP contribution in [0.2, 0.25) is 0 Å². The highest BCUT2D eigenvalue weighted by Crippen LogP contribution is 2.10. The maximum absolute atomic E-state index is 10.8. The van der Waals surface area contributed by atoms with E-state index in [1.165, 1.54) is 0 Å². The van der Waals surface area contributed by atoms with Crippen LogP contribution in [0, 0.1) is 0 Å². The first-order valence-electron chi connectivity index (χ1n) is 3.67. The summed E-state index contributed by atoms with van der Waals surface area (Å²) in [7, 11) is -3.67. The zero-order chi connectivity index (χ0) is 10.1. The van der Waals surface area contributed by atoms with Crippen LogP contribution in [0.1, 0.15) is 6.42 Å². The second-order valence-electron chi connectivity index (χ2n) is 2.84. The third-order valence-corrected chi connectivity index (χ3v) is 2.89. The summed E-state index contributed by atoms with van der Waals surface area (Å²) in [6.45, 7) is 0.384. The minimum atomic E-state index is -3.67. The van der Waals surface area contributed by atoms with Crippen LogP contribution in [0.25, 0.3) is 0 Å². The minimum absolute atomic E-state index is 0.116. The normalized spacial score (nSPS) is 24.5. The standard InChI is InChI=1S/C5H11N3O4S/c6-13(11,12)8-2-1-4(3-8)7-5(9)10/h4,7H,1-3H2,(H,9,10)(H2,6,11,12). The fourth-order valence-corrected chi connectivity index (χ4v) is 2.00. The molecule has 7 nitrogen and oxygen atoms in total. The van der Waals surface area contributed by atoms with E-state index in [4.69, 9.17) is 10.2 Å². The van der Waals surface area contributed by atoms with Gasteiger partial charge in [0.05, 0.1) is 0 Å². The van der Waals surface area contributed by atoms with Gasteiger partial charge in [-0.3, -0.25) is 0 Å². The zero-order valence-electron chi connectivity index (χ0n) is 6.80. The van der Waals surface area contributed by atoms with Gasteiger partial charge in [0, 0.05) is 19.1 Å². The van der Waals surface area contributed by atoms with Crippen LogP contribution in [0.15, 0.2) is 0 Å². The van der Waals surface area contributed by atoms with Gasteiger partial charge in [-0.1, -0.05) is 0 Å². The lowest BCUT2D eigenvalue weighted by atomic mass is 10.3. The van der Waals surface area contributed by atoms with Crippen molar-refractivity contribution in [3.63, 3.8) is 0 Å². The van der Waals surface area contributed by atoms with Crippen molar-refractivity contribution in [1.29, 1.82) is 0 Å². The van der Waals surface area contributed by atoms with Gasteiger partial charge >= 0.3 is 6.09 Å². The molecule has 0 aromatic heterocycles. The Labute approximate surface area is 75.7 Å². The predicted molar refractivity (Wildman–Crippen MR) is 44.2 cm³/mol. The molecule has 1 fully saturated rings. The van der Waals surface area contributed by atoms with E-state index in [-0.39, 0.29) is 19.1 Å². The molecule has 76 valence electrons. The largest absolute Gasteiger partial charge is 0.465 e. The first-order chi connectivity index (χ1) is 5.89. The molecule has 0 aliphatic carbocycles. The molecule has 4 N–H and O–H groups in total. The molecule has 1 aliphatic rings. The molecule has 1 atom stereocenters. The van der Waals surface area contributed by atoms with Crippen molar-refractivity contribution in [1.82, 2.24) is 9.62 Å².